The molecule has 0 atom stereocenters. The number of sulfonamides is 1. The van der Waals surface area contributed by atoms with Crippen LogP contribution in [0, 0.1) is 0 Å². The lowest BCUT2D eigenvalue weighted by atomic mass is 10.1. The van der Waals surface area contributed by atoms with E-state index in [0.29, 0.717) is 17.1 Å². The Labute approximate surface area is 204 Å². The van der Waals surface area contributed by atoms with Crippen LogP contribution in [0.25, 0.3) is 0 Å². The van der Waals surface area contributed by atoms with Crippen molar-refractivity contribution in [3.63, 3.8) is 0 Å². The maximum Gasteiger partial charge on any atom is 0.264 e. The summed E-state index contributed by atoms with van der Waals surface area (Å²) in [7, 11) is -2.47. The summed E-state index contributed by atoms with van der Waals surface area (Å²) in [5.74, 6) is 0.136. The smallest absolute Gasteiger partial charge is 0.264 e. The van der Waals surface area contributed by atoms with Gasteiger partial charge in [-0.1, -0.05) is 23.7 Å². The molecule has 3 aromatic rings. The van der Waals surface area contributed by atoms with Crippen molar-refractivity contribution in [3.05, 3.63) is 95.0 Å². The molecule has 1 aliphatic rings. The van der Waals surface area contributed by atoms with Crippen molar-refractivity contribution in [1.82, 2.24) is 0 Å². The SMILES string of the molecule is C=CCN(c1ccc(OC)cc1)S(=O)(=O)c1ccc(Cl)c(C(=O)Nc2ccc3c(c2)CCC3)c1. The van der Waals surface area contributed by atoms with E-state index >= 15 is 0 Å². The number of ether oxygens (including phenoxy) is 1. The molecular formula is C26H25ClN2O4S. The minimum absolute atomic E-state index is 0.0475. The number of carbonyl (C=O) groups is 1. The minimum Gasteiger partial charge on any atom is -0.497 e. The number of nitrogens with zero attached hydrogens (tertiary/aromatic N) is 1. The van der Waals surface area contributed by atoms with Gasteiger partial charge in [-0.3, -0.25) is 9.10 Å². The molecule has 176 valence electrons. The maximum atomic E-state index is 13.5. The normalized spacial score (nSPS) is 12.6. The number of fused-ring (bicyclic) bond motifs is 1. The van der Waals surface area contributed by atoms with Crippen LogP contribution >= 0.6 is 11.6 Å². The Bertz CT molecular complexity index is 1340. The number of anilines is 2. The van der Waals surface area contributed by atoms with E-state index in [-0.39, 0.29) is 22.0 Å². The number of carbonyl (C=O) groups excluding carboxylic acids is 1. The predicted molar refractivity (Wildman–Crippen MR) is 136 cm³/mol. The molecule has 0 saturated heterocycles. The van der Waals surface area contributed by atoms with Crippen LogP contribution in [0.15, 0.2) is 78.2 Å². The summed E-state index contributed by atoms with van der Waals surface area (Å²) < 4.78 is 33.4. The maximum absolute atomic E-state index is 13.5. The molecule has 1 N–H and O–H groups in total. The van der Waals surface area contributed by atoms with Crippen molar-refractivity contribution in [2.45, 2.75) is 24.2 Å². The van der Waals surface area contributed by atoms with Gasteiger partial charge in [0.25, 0.3) is 15.9 Å². The Kier molecular flexibility index (Phi) is 6.95. The number of benzene rings is 3. The fraction of sp³-hybridized carbons (Fsp3) is 0.192. The number of rotatable bonds is 8. The molecule has 4 rings (SSSR count). The first-order valence-corrected chi connectivity index (χ1v) is 12.7. The van der Waals surface area contributed by atoms with E-state index in [4.69, 9.17) is 16.3 Å². The van der Waals surface area contributed by atoms with E-state index in [0.717, 1.165) is 19.3 Å². The average Bonchev–Trinajstić information content (AvgIpc) is 3.30. The lowest BCUT2D eigenvalue weighted by molar-refractivity contribution is 0.102. The number of hydrogen-bond acceptors (Lipinski definition) is 4. The molecule has 0 spiro atoms. The van der Waals surface area contributed by atoms with E-state index in [9.17, 15) is 13.2 Å². The first-order valence-electron chi connectivity index (χ1n) is 10.8. The largest absolute Gasteiger partial charge is 0.497 e. The van der Waals surface area contributed by atoms with Crippen molar-refractivity contribution in [2.75, 3.05) is 23.3 Å². The zero-order chi connectivity index (χ0) is 24.3. The van der Waals surface area contributed by atoms with Gasteiger partial charge < -0.3 is 10.1 Å². The number of aryl methyl sites for hydroxylation is 2. The molecule has 1 amide bonds. The Hall–Kier alpha value is -3.29. The zero-order valence-corrected chi connectivity index (χ0v) is 20.3. The lowest BCUT2D eigenvalue weighted by Crippen LogP contribution is -2.31. The van der Waals surface area contributed by atoms with Crippen molar-refractivity contribution < 1.29 is 17.9 Å². The number of nitrogens with one attached hydrogen (secondary N) is 1. The second kappa shape index (κ2) is 9.91. The van der Waals surface area contributed by atoms with Crippen LogP contribution < -0.4 is 14.4 Å². The van der Waals surface area contributed by atoms with Gasteiger partial charge in [-0.05, 0) is 85.0 Å². The highest BCUT2D eigenvalue weighted by atomic mass is 35.5. The molecule has 8 heteroatoms. The van der Waals surface area contributed by atoms with Crippen molar-refractivity contribution in [1.29, 1.82) is 0 Å². The van der Waals surface area contributed by atoms with Gasteiger partial charge in [0.15, 0.2) is 0 Å². The van der Waals surface area contributed by atoms with Gasteiger partial charge in [-0.15, -0.1) is 6.58 Å². The van der Waals surface area contributed by atoms with Crippen molar-refractivity contribution in [2.24, 2.45) is 0 Å². The zero-order valence-electron chi connectivity index (χ0n) is 18.8. The van der Waals surface area contributed by atoms with Gasteiger partial charge >= 0.3 is 0 Å². The first-order chi connectivity index (χ1) is 16.3. The summed E-state index contributed by atoms with van der Waals surface area (Å²) in [5.41, 5.74) is 3.70. The summed E-state index contributed by atoms with van der Waals surface area (Å²) in [6.45, 7) is 3.73. The Morgan fingerprint density at radius 1 is 1.09 bits per heavy atom. The summed E-state index contributed by atoms with van der Waals surface area (Å²) in [6.07, 6.45) is 4.63. The van der Waals surface area contributed by atoms with Gasteiger partial charge in [0.1, 0.15) is 5.75 Å². The van der Waals surface area contributed by atoms with Gasteiger partial charge in [-0.2, -0.15) is 0 Å². The molecule has 6 nitrogen and oxygen atoms in total. The fourth-order valence-electron chi connectivity index (χ4n) is 4.02. The Morgan fingerprint density at radius 3 is 2.53 bits per heavy atom. The van der Waals surface area contributed by atoms with Crippen LogP contribution in [0.5, 0.6) is 5.75 Å². The van der Waals surface area contributed by atoms with Crippen molar-refractivity contribution in [3.8, 4) is 5.75 Å². The third kappa shape index (κ3) is 4.81. The quantitative estimate of drug-likeness (QED) is 0.419. The molecule has 1 aliphatic carbocycles. The van der Waals surface area contributed by atoms with Crippen LogP contribution in [0.1, 0.15) is 27.9 Å². The van der Waals surface area contributed by atoms with Gasteiger partial charge in [0, 0.05) is 5.69 Å². The van der Waals surface area contributed by atoms with Crippen LogP contribution in [0.3, 0.4) is 0 Å². The molecular weight excluding hydrogens is 472 g/mol. The summed E-state index contributed by atoms with van der Waals surface area (Å²) in [4.78, 5) is 13.0. The van der Waals surface area contributed by atoms with Crippen LogP contribution in [0.2, 0.25) is 5.02 Å². The predicted octanol–water partition coefficient (Wildman–Crippen LogP) is 5.47. The molecule has 0 aromatic heterocycles. The second-order valence-corrected chi connectivity index (χ2v) is 10.2. The van der Waals surface area contributed by atoms with Crippen LogP contribution in [-0.4, -0.2) is 28.0 Å². The molecule has 0 saturated carbocycles. The molecule has 0 heterocycles. The molecule has 0 bridgehead atoms. The standard InChI is InChI=1S/C26H25ClN2O4S/c1-3-15-29(21-9-11-22(33-2)12-10-21)34(31,32)23-13-14-25(27)24(17-23)26(30)28-20-8-7-18-5-4-6-19(18)16-20/h3,7-14,16-17H,1,4-6,15H2,2H3,(H,28,30). The number of hydrogen-bond donors (Lipinski definition) is 1. The highest BCUT2D eigenvalue weighted by Crippen LogP contribution is 2.29. The third-order valence-corrected chi connectivity index (χ3v) is 7.90. The summed E-state index contributed by atoms with van der Waals surface area (Å²) in [6, 6.07) is 16.6. The van der Waals surface area contributed by atoms with Gasteiger partial charge in [0.05, 0.1) is 34.8 Å². The Morgan fingerprint density at radius 2 is 1.82 bits per heavy atom. The number of halogens is 1. The second-order valence-electron chi connectivity index (χ2n) is 7.96. The minimum atomic E-state index is -4.01. The molecule has 0 unspecified atom stereocenters. The van der Waals surface area contributed by atoms with E-state index in [1.807, 2.05) is 18.2 Å². The van der Waals surface area contributed by atoms with Crippen LogP contribution in [-0.2, 0) is 22.9 Å². The van der Waals surface area contributed by atoms with E-state index in [1.54, 1.807) is 24.3 Å². The average molecular weight is 497 g/mol. The molecule has 0 fully saturated rings. The van der Waals surface area contributed by atoms with Gasteiger partial charge in [0.2, 0.25) is 0 Å². The highest BCUT2D eigenvalue weighted by Gasteiger charge is 2.26. The van der Waals surface area contributed by atoms with Crippen LogP contribution in [0.4, 0.5) is 11.4 Å². The van der Waals surface area contributed by atoms with E-state index < -0.39 is 15.9 Å². The monoisotopic (exact) mass is 496 g/mol. The molecule has 0 aliphatic heterocycles. The molecule has 0 radical (unpaired) electrons. The topological polar surface area (TPSA) is 75.7 Å². The lowest BCUT2D eigenvalue weighted by Gasteiger charge is -2.23. The van der Waals surface area contributed by atoms with E-state index in [2.05, 4.69) is 11.9 Å². The third-order valence-electron chi connectivity index (χ3n) is 5.78. The molecule has 3 aromatic carbocycles. The molecule has 34 heavy (non-hydrogen) atoms. The fourth-order valence-corrected chi connectivity index (χ4v) is 5.69. The van der Waals surface area contributed by atoms with E-state index in [1.165, 1.54) is 46.8 Å². The Balaban J connectivity index is 1.64. The van der Waals surface area contributed by atoms with Gasteiger partial charge in [-0.25, -0.2) is 8.42 Å². The van der Waals surface area contributed by atoms with Crippen molar-refractivity contribution >= 4 is 38.9 Å². The number of methoxy groups -OCH3 is 1. The number of amides is 1. The summed E-state index contributed by atoms with van der Waals surface area (Å²) >= 11 is 6.29. The highest BCUT2D eigenvalue weighted by molar-refractivity contribution is 7.92. The summed E-state index contributed by atoms with van der Waals surface area (Å²) in [5, 5.41) is 3.01. The first kappa shape index (κ1) is 23.9.